The maximum atomic E-state index is 13.1. The Hall–Kier alpha value is -3.10. The number of amides is 1. The number of aromatic nitrogens is 4. The van der Waals surface area contributed by atoms with E-state index < -0.39 is 6.61 Å². The van der Waals surface area contributed by atoms with Crippen LogP contribution in [0, 0.1) is 0 Å². The van der Waals surface area contributed by atoms with Crippen molar-refractivity contribution in [2.24, 2.45) is 7.05 Å². The molecule has 1 aliphatic heterocycles. The summed E-state index contributed by atoms with van der Waals surface area (Å²) in [4.78, 5) is 18.9. The number of carbonyl (C=O) groups excluding carboxylic acids is 1. The van der Waals surface area contributed by atoms with Gasteiger partial charge in [-0.2, -0.15) is 8.78 Å². The number of nitrogens with zero attached hydrogens (tertiary/aromatic N) is 5. The standard InChI is InChI=1S/C17H15F2N5O2/c1-23-15-14(21-22-23)12(6-7-20-15)16(25)24-8-2-3-10-9-11(26-17(18)19)4-5-13(10)24/h4-7,9,17H,2-3,8H2,1H3. The largest absolute Gasteiger partial charge is 0.435 e. The first-order valence-corrected chi connectivity index (χ1v) is 8.08. The van der Waals surface area contributed by atoms with Gasteiger partial charge in [-0.1, -0.05) is 5.21 Å². The first-order valence-electron chi connectivity index (χ1n) is 8.08. The van der Waals surface area contributed by atoms with Crippen LogP contribution >= 0.6 is 0 Å². The minimum absolute atomic E-state index is 0.0910. The van der Waals surface area contributed by atoms with Crippen LogP contribution in [0.1, 0.15) is 22.3 Å². The average Bonchev–Trinajstić information content (AvgIpc) is 3.01. The van der Waals surface area contributed by atoms with Gasteiger partial charge in [-0.25, -0.2) is 9.67 Å². The summed E-state index contributed by atoms with van der Waals surface area (Å²) in [6.07, 6.45) is 2.96. The summed E-state index contributed by atoms with van der Waals surface area (Å²) < 4.78 is 30.8. The van der Waals surface area contributed by atoms with Gasteiger partial charge in [0.05, 0.1) is 5.56 Å². The molecule has 7 nitrogen and oxygen atoms in total. The number of fused-ring (bicyclic) bond motifs is 2. The molecule has 0 aliphatic carbocycles. The first kappa shape index (κ1) is 16.4. The molecule has 0 atom stereocenters. The molecule has 0 radical (unpaired) electrons. The summed E-state index contributed by atoms with van der Waals surface area (Å²) in [5, 5.41) is 7.95. The van der Waals surface area contributed by atoms with Crippen molar-refractivity contribution < 1.29 is 18.3 Å². The van der Waals surface area contributed by atoms with Crippen LogP contribution in [0.3, 0.4) is 0 Å². The Kier molecular flexibility index (Phi) is 3.98. The van der Waals surface area contributed by atoms with Crippen LogP contribution in [0.25, 0.3) is 11.2 Å². The Morgan fingerprint density at radius 2 is 2.15 bits per heavy atom. The van der Waals surface area contributed by atoms with Crippen LogP contribution in [0.4, 0.5) is 14.5 Å². The van der Waals surface area contributed by atoms with E-state index in [-0.39, 0.29) is 11.7 Å². The summed E-state index contributed by atoms with van der Waals surface area (Å²) in [5.74, 6) is -0.130. The van der Waals surface area contributed by atoms with Gasteiger partial charge >= 0.3 is 6.61 Å². The van der Waals surface area contributed by atoms with Gasteiger partial charge in [0.2, 0.25) is 0 Å². The molecule has 1 aliphatic rings. The number of halogens is 2. The topological polar surface area (TPSA) is 73.1 Å². The molecular formula is C17H15F2N5O2. The van der Waals surface area contributed by atoms with Crippen LogP contribution in [0.5, 0.6) is 5.75 Å². The van der Waals surface area contributed by atoms with E-state index in [1.807, 2.05) is 0 Å². The fourth-order valence-electron chi connectivity index (χ4n) is 3.21. The minimum atomic E-state index is -2.88. The highest BCUT2D eigenvalue weighted by Gasteiger charge is 2.26. The molecule has 26 heavy (non-hydrogen) atoms. The van der Waals surface area contributed by atoms with Crippen LogP contribution in [-0.4, -0.2) is 39.0 Å². The number of alkyl halides is 2. The zero-order chi connectivity index (χ0) is 18.3. The van der Waals surface area contributed by atoms with Gasteiger partial charge in [0.1, 0.15) is 11.3 Å². The number of hydrogen-bond donors (Lipinski definition) is 0. The van der Waals surface area contributed by atoms with Crippen LogP contribution in [0.15, 0.2) is 30.5 Å². The normalized spacial score (nSPS) is 13.9. The lowest BCUT2D eigenvalue weighted by atomic mass is 10.0. The molecule has 0 fully saturated rings. The molecule has 4 rings (SSSR count). The second-order valence-electron chi connectivity index (χ2n) is 5.97. The molecule has 3 aromatic rings. The number of pyridine rings is 1. The van der Waals surface area contributed by atoms with Gasteiger partial charge in [0, 0.05) is 25.5 Å². The average molecular weight is 359 g/mol. The lowest BCUT2D eigenvalue weighted by Gasteiger charge is -2.30. The van der Waals surface area contributed by atoms with Crippen LogP contribution in [0.2, 0.25) is 0 Å². The van der Waals surface area contributed by atoms with Gasteiger partial charge in [0.25, 0.3) is 5.91 Å². The Morgan fingerprint density at radius 3 is 2.96 bits per heavy atom. The van der Waals surface area contributed by atoms with Crippen molar-refractivity contribution in [2.45, 2.75) is 19.5 Å². The van der Waals surface area contributed by atoms with E-state index >= 15 is 0 Å². The van der Waals surface area contributed by atoms with E-state index in [2.05, 4.69) is 20.0 Å². The van der Waals surface area contributed by atoms with Crippen molar-refractivity contribution in [3.05, 3.63) is 41.6 Å². The van der Waals surface area contributed by atoms with Gasteiger partial charge in [-0.3, -0.25) is 4.79 Å². The highest BCUT2D eigenvalue weighted by molar-refractivity contribution is 6.12. The summed E-state index contributed by atoms with van der Waals surface area (Å²) in [5.41, 5.74) is 2.85. The fourth-order valence-corrected chi connectivity index (χ4v) is 3.21. The molecule has 0 spiro atoms. The van der Waals surface area contributed by atoms with Crippen LogP contribution < -0.4 is 9.64 Å². The molecular weight excluding hydrogens is 344 g/mol. The Morgan fingerprint density at radius 1 is 1.31 bits per heavy atom. The number of aryl methyl sites for hydroxylation is 2. The van der Waals surface area contributed by atoms with Gasteiger partial charge in [-0.05, 0) is 42.7 Å². The molecule has 0 saturated heterocycles. The number of benzene rings is 1. The molecule has 134 valence electrons. The predicted octanol–water partition coefficient (Wildman–Crippen LogP) is 2.56. The maximum absolute atomic E-state index is 13.1. The summed E-state index contributed by atoms with van der Waals surface area (Å²) in [6, 6.07) is 6.26. The fraction of sp³-hybridized carbons (Fsp3) is 0.294. The van der Waals surface area contributed by atoms with Crippen LogP contribution in [-0.2, 0) is 13.5 Å². The molecule has 0 bridgehead atoms. The van der Waals surface area contributed by atoms with Crippen molar-refractivity contribution in [2.75, 3.05) is 11.4 Å². The van der Waals surface area contributed by atoms with Crippen molar-refractivity contribution in [1.29, 1.82) is 0 Å². The van der Waals surface area contributed by atoms with Crippen molar-refractivity contribution in [3.8, 4) is 5.75 Å². The second-order valence-corrected chi connectivity index (χ2v) is 5.97. The first-order chi connectivity index (χ1) is 12.5. The summed E-state index contributed by atoms with van der Waals surface area (Å²) in [6.45, 7) is -2.35. The predicted molar refractivity (Wildman–Crippen MR) is 89.4 cm³/mol. The molecule has 1 amide bonds. The second kappa shape index (κ2) is 6.32. The lowest BCUT2D eigenvalue weighted by molar-refractivity contribution is -0.0498. The molecule has 0 saturated carbocycles. The van der Waals surface area contributed by atoms with E-state index in [1.54, 1.807) is 36.3 Å². The number of hydrogen-bond acceptors (Lipinski definition) is 5. The van der Waals surface area contributed by atoms with E-state index in [9.17, 15) is 13.6 Å². The molecule has 0 N–H and O–H groups in total. The van der Waals surface area contributed by atoms with Crippen molar-refractivity contribution in [3.63, 3.8) is 0 Å². The van der Waals surface area contributed by atoms with Crippen molar-refractivity contribution in [1.82, 2.24) is 20.0 Å². The SMILES string of the molecule is Cn1nnc2c(C(=O)N3CCCc4cc(OC(F)F)ccc43)ccnc21. The van der Waals surface area contributed by atoms with Gasteiger partial charge in [-0.15, -0.1) is 5.10 Å². The molecule has 1 aromatic carbocycles. The monoisotopic (exact) mass is 359 g/mol. The number of anilines is 1. The Labute approximate surface area is 147 Å². The maximum Gasteiger partial charge on any atom is 0.387 e. The zero-order valence-corrected chi connectivity index (χ0v) is 13.9. The Balaban J connectivity index is 1.72. The van der Waals surface area contributed by atoms with E-state index in [1.165, 1.54) is 10.7 Å². The highest BCUT2D eigenvalue weighted by atomic mass is 19.3. The number of carbonyl (C=O) groups is 1. The number of rotatable bonds is 3. The third-order valence-corrected chi connectivity index (χ3v) is 4.36. The number of ether oxygens (including phenoxy) is 1. The summed E-state index contributed by atoms with van der Waals surface area (Å²) in [7, 11) is 1.71. The lowest BCUT2D eigenvalue weighted by Crippen LogP contribution is -2.35. The molecule has 9 heteroatoms. The smallest absolute Gasteiger partial charge is 0.387 e. The van der Waals surface area contributed by atoms with E-state index in [4.69, 9.17) is 0 Å². The van der Waals surface area contributed by atoms with Gasteiger partial charge in [0.15, 0.2) is 5.65 Å². The zero-order valence-electron chi connectivity index (χ0n) is 13.9. The minimum Gasteiger partial charge on any atom is -0.435 e. The van der Waals surface area contributed by atoms with E-state index in [0.717, 1.165) is 12.0 Å². The molecule has 0 unspecified atom stereocenters. The molecule has 3 heterocycles. The molecule has 2 aromatic heterocycles. The summed E-state index contributed by atoms with van der Waals surface area (Å²) >= 11 is 0. The quantitative estimate of drug-likeness (QED) is 0.719. The highest BCUT2D eigenvalue weighted by Crippen LogP contribution is 2.32. The third kappa shape index (κ3) is 2.75. The third-order valence-electron chi connectivity index (χ3n) is 4.36. The Bertz CT molecular complexity index is 988. The van der Waals surface area contributed by atoms with Crippen molar-refractivity contribution >= 4 is 22.8 Å². The van der Waals surface area contributed by atoms with Gasteiger partial charge < -0.3 is 9.64 Å². The van der Waals surface area contributed by atoms with E-state index in [0.29, 0.717) is 35.4 Å².